The molecule has 1 heterocycles. The largest absolute Gasteiger partial charge is 0.460 e. The molecule has 0 radical (unpaired) electrons. The van der Waals surface area contributed by atoms with Gasteiger partial charge in [-0.25, -0.2) is 4.79 Å². The third kappa shape index (κ3) is 2.33. The maximum Gasteiger partial charge on any atom is 0.338 e. The van der Waals surface area contributed by atoms with Crippen molar-refractivity contribution in [3.63, 3.8) is 0 Å². The summed E-state index contributed by atoms with van der Waals surface area (Å²) in [5.41, 5.74) is -0.0666. The van der Waals surface area contributed by atoms with Crippen LogP contribution in [-0.2, 0) is 14.3 Å². The van der Waals surface area contributed by atoms with Crippen molar-refractivity contribution < 1.29 is 34.7 Å². The maximum atomic E-state index is 12.4. The standard InChI is InChI=1S/C16H26O7/c1-15(2)7-4-5-16(15,3)8(6-7)22-14(21)12-10(18)9(17)11(19)13(20)23-12/h7-13,17-20H,4-6H2,1-3H3/t7-,8+,9?,10?,11?,12?,13?,16+/m1/s1. The smallest absolute Gasteiger partial charge is 0.338 e. The van der Waals surface area contributed by atoms with Crippen LogP contribution < -0.4 is 0 Å². The van der Waals surface area contributed by atoms with E-state index < -0.39 is 36.7 Å². The van der Waals surface area contributed by atoms with Gasteiger partial charge in [0.15, 0.2) is 12.4 Å². The fourth-order valence-corrected chi connectivity index (χ4v) is 4.57. The van der Waals surface area contributed by atoms with E-state index in [4.69, 9.17) is 9.47 Å². The minimum absolute atomic E-state index is 0.0687. The van der Waals surface area contributed by atoms with Gasteiger partial charge in [0.25, 0.3) is 0 Å². The summed E-state index contributed by atoms with van der Waals surface area (Å²) >= 11 is 0. The molecular formula is C16H26O7. The van der Waals surface area contributed by atoms with E-state index in [2.05, 4.69) is 20.8 Å². The van der Waals surface area contributed by atoms with Gasteiger partial charge < -0.3 is 29.9 Å². The number of aliphatic hydroxyl groups is 4. The maximum absolute atomic E-state index is 12.4. The van der Waals surface area contributed by atoms with Crippen molar-refractivity contribution in [3.8, 4) is 0 Å². The molecule has 1 aliphatic heterocycles. The van der Waals surface area contributed by atoms with Crippen molar-refractivity contribution in [3.05, 3.63) is 0 Å². The summed E-state index contributed by atoms with van der Waals surface area (Å²) in [5, 5.41) is 38.6. The second kappa shape index (κ2) is 5.39. The topological polar surface area (TPSA) is 116 Å². The van der Waals surface area contributed by atoms with Gasteiger partial charge >= 0.3 is 5.97 Å². The first-order valence-electron chi connectivity index (χ1n) is 8.18. The van der Waals surface area contributed by atoms with E-state index in [0.29, 0.717) is 5.92 Å². The number of esters is 1. The first-order chi connectivity index (χ1) is 10.6. The first-order valence-corrected chi connectivity index (χ1v) is 8.18. The molecule has 23 heavy (non-hydrogen) atoms. The van der Waals surface area contributed by atoms with E-state index >= 15 is 0 Å². The third-order valence-electron chi connectivity index (χ3n) is 6.79. The van der Waals surface area contributed by atoms with Gasteiger partial charge in [-0.1, -0.05) is 20.8 Å². The van der Waals surface area contributed by atoms with Crippen molar-refractivity contribution in [2.45, 2.75) is 76.8 Å². The second-order valence-corrected chi connectivity index (χ2v) is 7.96. The van der Waals surface area contributed by atoms with Crippen LogP contribution in [0.5, 0.6) is 0 Å². The summed E-state index contributed by atoms with van der Waals surface area (Å²) < 4.78 is 10.5. The van der Waals surface area contributed by atoms with Crippen molar-refractivity contribution in [2.75, 3.05) is 0 Å². The summed E-state index contributed by atoms with van der Waals surface area (Å²) in [6.07, 6.45) is -5.62. The van der Waals surface area contributed by atoms with Crippen LogP contribution in [0.25, 0.3) is 0 Å². The van der Waals surface area contributed by atoms with Crippen LogP contribution in [0.15, 0.2) is 0 Å². The van der Waals surface area contributed by atoms with Crippen molar-refractivity contribution >= 4 is 5.97 Å². The van der Waals surface area contributed by atoms with E-state index in [9.17, 15) is 25.2 Å². The van der Waals surface area contributed by atoms with Crippen molar-refractivity contribution in [2.24, 2.45) is 16.7 Å². The van der Waals surface area contributed by atoms with Crippen LogP contribution in [-0.4, -0.2) is 63.2 Å². The van der Waals surface area contributed by atoms with Crippen LogP contribution in [0.4, 0.5) is 0 Å². The summed E-state index contributed by atoms with van der Waals surface area (Å²) in [7, 11) is 0. The summed E-state index contributed by atoms with van der Waals surface area (Å²) in [6, 6.07) is 0. The minimum Gasteiger partial charge on any atom is -0.460 e. The van der Waals surface area contributed by atoms with Gasteiger partial charge in [-0.3, -0.25) is 0 Å². The number of rotatable bonds is 2. The Morgan fingerprint density at radius 1 is 1.09 bits per heavy atom. The highest BCUT2D eigenvalue weighted by Gasteiger charge is 2.63. The van der Waals surface area contributed by atoms with E-state index in [0.717, 1.165) is 19.3 Å². The predicted molar refractivity (Wildman–Crippen MR) is 78.0 cm³/mol. The van der Waals surface area contributed by atoms with Crippen LogP contribution in [0, 0.1) is 16.7 Å². The van der Waals surface area contributed by atoms with Crippen molar-refractivity contribution in [1.29, 1.82) is 0 Å². The zero-order valence-electron chi connectivity index (χ0n) is 13.7. The molecule has 1 saturated heterocycles. The molecule has 0 aromatic rings. The molecule has 3 rings (SSSR count). The lowest BCUT2D eigenvalue weighted by Gasteiger charge is -2.40. The number of aliphatic hydroxyl groups excluding tert-OH is 4. The quantitative estimate of drug-likeness (QED) is 0.506. The van der Waals surface area contributed by atoms with Gasteiger partial charge in [-0.15, -0.1) is 0 Å². The van der Waals surface area contributed by atoms with Gasteiger partial charge in [-0.05, 0) is 30.6 Å². The Morgan fingerprint density at radius 3 is 2.26 bits per heavy atom. The van der Waals surface area contributed by atoms with E-state index in [1.807, 2.05) is 0 Å². The fraction of sp³-hybridized carbons (Fsp3) is 0.938. The van der Waals surface area contributed by atoms with Gasteiger partial charge in [-0.2, -0.15) is 0 Å². The molecular weight excluding hydrogens is 304 g/mol. The second-order valence-electron chi connectivity index (χ2n) is 7.96. The molecule has 0 amide bonds. The Balaban J connectivity index is 1.71. The average Bonchev–Trinajstić information content (AvgIpc) is 2.82. The molecule has 3 aliphatic rings. The minimum atomic E-state index is -1.74. The molecule has 2 bridgehead atoms. The highest BCUT2D eigenvalue weighted by atomic mass is 16.7. The number of hydrogen-bond acceptors (Lipinski definition) is 7. The Morgan fingerprint density at radius 2 is 1.74 bits per heavy atom. The summed E-state index contributed by atoms with van der Waals surface area (Å²) in [5.74, 6) is -0.322. The molecule has 7 nitrogen and oxygen atoms in total. The van der Waals surface area contributed by atoms with E-state index in [1.54, 1.807) is 0 Å². The third-order valence-corrected chi connectivity index (χ3v) is 6.79. The molecule has 2 aliphatic carbocycles. The number of ether oxygens (including phenoxy) is 2. The number of hydrogen-bond donors (Lipinski definition) is 4. The lowest BCUT2D eigenvalue weighted by atomic mass is 9.70. The number of fused-ring (bicyclic) bond motifs is 2. The molecule has 3 fully saturated rings. The fourth-order valence-electron chi connectivity index (χ4n) is 4.57. The normalized spacial score (nSPS) is 51.7. The highest BCUT2D eigenvalue weighted by Crippen LogP contribution is 2.66. The lowest BCUT2D eigenvalue weighted by molar-refractivity contribution is -0.283. The Hall–Kier alpha value is -0.730. The number of carbonyl (C=O) groups excluding carboxylic acids is 1. The van der Waals surface area contributed by atoms with E-state index in [1.165, 1.54) is 0 Å². The zero-order chi connectivity index (χ0) is 17.2. The SMILES string of the molecule is CC1(C)[C@@H]2CC[C@@]1(C)[C@@H](OC(=O)C1OC(O)C(O)C(O)C1O)C2. The summed E-state index contributed by atoms with van der Waals surface area (Å²) in [4.78, 5) is 12.4. The Bertz CT molecular complexity index is 493. The van der Waals surface area contributed by atoms with Crippen molar-refractivity contribution in [1.82, 2.24) is 0 Å². The monoisotopic (exact) mass is 330 g/mol. The molecule has 132 valence electrons. The van der Waals surface area contributed by atoms with Gasteiger partial charge in [0, 0.05) is 5.41 Å². The molecule has 7 heteroatoms. The predicted octanol–water partition coefficient (Wildman–Crippen LogP) is -0.456. The Labute approximate surface area is 135 Å². The van der Waals surface area contributed by atoms with Gasteiger partial charge in [0.2, 0.25) is 0 Å². The molecule has 0 aromatic heterocycles. The number of carbonyl (C=O) groups is 1. The zero-order valence-corrected chi connectivity index (χ0v) is 13.7. The van der Waals surface area contributed by atoms with Crippen LogP contribution in [0.2, 0.25) is 0 Å². The summed E-state index contributed by atoms with van der Waals surface area (Å²) in [6.45, 7) is 6.49. The average molecular weight is 330 g/mol. The molecule has 8 atom stereocenters. The molecule has 0 aromatic carbocycles. The van der Waals surface area contributed by atoms with Gasteiger partial charge in [0.1, 0.15) is 24.4 Å². The van der Waals surface area contributed by atoms with Crippen LogP contribution >= 0.6 is 0 Å². The van der Waals surface area contributed by atoms with Crippen LogP contribution in [0.1, 0.15) is 40.0 Å². The Kier molecular flexibility index (Phi) is 4.01. The van der Waals surface area contributed by atoms with Gasteiger partial charge in [0.05, 0.1) is 0 Å². The first kappa shape index (κ1) is 17.1. The lowest BCUT2D eigenvalue weighted by Crippen LogP contribution is -2.60. The highest BCUT2D eigenvalue weighted by molar-refractivity contribution is 5.76. The van der Waals surface area contributed by atoms with E-state index in [-0.39, 0.29) is 16.9 Å². The van der Waals surface area contributed by atoms with Crippen LogP contribution in [0.3, 0.4) is 0 Å². The molecule has 4 N–H and O–H groups in total. The molecule has 0 spiro atoms. The molecule has 5 unspecified atom stereocenters. The molecule has 2 saturated carbocycles.